The molecule has 1 aromatic heterocycles. The largest absolute Gasteiger partial charge is 0.573 e. The highest BCUT2D eigenvalue weighted by Gasteiger charge is 2.32. The number of halogens is 4. The third kappa shape index (κ3) is 6.43. The second kappa shape index (κ2) is 10.7. The number of piperidine rings is 1. The van der Waals surface area contributed by atoms with Crippen LogP contribution in [0.1, 0.15) is 45.5 Å². The lowest BCUT2D eigenvalue weighted by Crippen LogP contribution is -2.33. The normalized spacial score (nSPS) is 16.8. The number of carbonyl (C=O) groups excluding carboxylic acids is 1. The average molecular weight is 530 g/mol. The Balaban J connectivity index is 1.18. The van der Waals surface area contributed by atoms with Crippen LogP contribution in [0.4, 0.5) is 13.2 Å². The summed E-state index contributed by atoms with van der Waals surface area (Å²) in [6, 6.07) is 13.7. The highest BCUT2D eigenvalue weighted by atomic mass is 35.5. The second-order valence-corrected chi connectivity index (χ2v) is 10.2. The quantitative estimate of drug-likeness (QED) is 0.363. The summed E-state index contributed by atoms with van der Waals surface area (Å²) in [6.45, 7) is 3.74. The molecule has 0 spiro atoms. The molecule has 0 N–H and O–H groups in total. The van der Waals surface area contributed by atoms with Gasteiger partial charge in [0.2, 0.25) is 0 Å². The van der Waals surface area contributed by atoms with E-state index in [-0.39, 0.29) is 18.2 Å². The number of pyridine rings is 1. The standard InChI is InChI=1S/C28H27ClF3N3O2/c29-25-15-22(13-19-7-11-34(12-8-19)16-21-5-9-33-10-6-21)14-23-18-35(27(36)26(23)25)17-20-1-3-24(4-2-20)37-28(30,31)32/h1-6,9-10,14-15,19H,7-8,11-13,16-18H2. The SMILES string of the molecule is O=C1c2c(Cl)cc(CC3CCN(Cc4ccncc4)CC3)cc2CN1Cc1ccc(OC(F)(F)F)cc1. The predicted molar refractivity (Wildman–Crippen MR) is 134 cm³/mol. The van der Waals surface area contributed by atoms with Crippen molar-refractivity contribution in [3.63, 3.8) is 0 Å². The van der Waals surface area contributed by atoms with Crippen LogP contribution < -0.4 is 4.74 Å². The van der Waals surface area contributed by atoms with Gasteiger partial charge in [0.25, 0.3) is 5.91 Å². The summed E-state index contributed by atoms with van der Waals surface area (Å²) in [6.07, 6.45) is 2.06. The molecule has 5 rings (SSSR count). The number of fused-ring (bicyclic) bond motifs is 1. The highest BCUT2D eigenvalue weighted by molar-refractivity contribution is 6.34. The number of alkyl halides is 3. The Hall–Kier alpha value is -3.10. The zero-order valence-corrected chi connectivity index (χ0v) is 20.9. The van der Waals surface area contributed by atoms with Gasteiger partial charge in [-0.2, -0.15) is 0 Å². The molecule has 37 heavy (non-hydrogen) atoms. The van der Waals surface area contributed by atoms with Crippen LogP contribution in [-0.4, -0.2) is 40.1 Å². The minimum Gasteiger partial charge on any atom is -0.406 e. The molecule has 3 aromatic rings. The lowest BCUT2D eigenvalue weighted by molar-refractivity contribution is -0.274. The van der Waals surface area contributed by atoms with Gasteiger partial charge in [-0.3, -0.25) is 14.7 Å². The summed E-state index contributed by atoms with van der Waals surface area (Å²) in [5, 5.41) is 0.462. The average Bonchev–Trinajstić information content (AvgIpc) is 3.16. The number of benzene rings is 2. The molecule has 2 aliphatic rings. The van der Waals surface area contributed by atoms with Gasteiger partial charge in [-0.05, 0) is 90.9 Å². The van der Waals surface area contributed by atoms with Crippen LogP contribution in [0.3, 0.4) is 0 Å². The number of carbonyl (C=O) groups is 1. The Morgan fingerprint density at radius 1 is 0.946 bits per heavy atom. The van der Waals surface area contributed by atoms with E-state index in [0.717, 1.165) is 50.0 Å². The zero-order chi connectivity index (χ0) is 26.0. The van der Waals surface area contributed by atoms with Crippen molar-refractivity contribution in [2.45, 2.75) is 45.3 Å². The molecular formula is C28H27ClF3N3O2. The number of amides is 1. The maximum absolute atomic E-state index is 13.0. The Labute approximate surface area is 218 Å². The van der Waals surface area contributed by atoms with Crippen molar-refractivity contribution in [3.8, 4) is 5.75 Å². The number of likely N-dealkylation sites (tertiary alicyclic amines) is 1. The Bertz CT molecular complexity index is 1240. The number of nitrogens with zero attached hydrogens (tertiary/aromatic N) is 3. The number of ether oxygens (including phenoxy) is 1. The first-order chi connectivity index (χ1) is 17.7. The number of hydrogen-bond acceptors (Lipinski definition) is 4. The predicted octanol–water partition coefficient (Wildman–Crippen LogP) is 6.24. The summed E-state index contributed by atoms with van der Waals surface area (Å²) >= 11 is 6.57. The number of hydrogen-bond donors (Lipinski definition) is 0. The van der Waals surface area contributed by atoms with E-state index < -0.39 is 6.36 Å². The van der Waals surface area contributed by atoms with E-state index in [1.165, 1.54) is 29.8 Å². The summed E-state index contributed by atoms with van der Waals surface area (Å²) < 4.78 is 41.1. The third-order valence-corrected chi connectivity index (χ3v) is 7.31. The van der Waals surface area contributed by atoms with E-state index in [4.69, 9.17) is 11.6 Å². The van der Waals surface area contributed by atoms with Gasteiger partial charge in [-0.1, -0.05) is 29.8 Å². The van der Waals surface area contributed by atoms with Crippen molar-refractivity contribution in [2.75, 3.05) is 13.1 Å². The van der Waals surface area contributed by atoms with Gasteiger partial charge in [0.15, 0.2) is 0 Å². The fourth-order valence-corrected chi connectivity index (χ4v) is 5.56. The van der Waals surface area contributed by atoms with E-state index in [1.807, 2.05) is 18.5 Å². The topological polar surface area (TPSA) is 45.7 Å². The van der Waals surface area contributed by atoms with Crippen LogP contribution in [0.15, 0.2) is 60.9 Å². The van der Waals surface area contributed by atoms with Crippen LogP contribution >= 0.6 is 11.6 Å². The van der Waals surface area contributed by atoms with Gasteiger partial charge in [0, 0.05) is 32.0 Å². The Morgan fingerprint density at radius 2 is 1.62 bits per heavy atom. The van der Waals surface area contributed by atoms with Crippen molar-refractivity contribution in [1.29, 1.82) is 0 Å². The van der Waals surface area contributed by atoms with Crippen molar-refractivity contribution in [1.82, 2.24) is 14.8 Å². The second-order valence-electron chi connectivity index (χ2n) is 9.74. The Morgan fingerprint density at radius 3 is 2.30 bits per heavy atom. The number of aromatic nitrogens is 1. The van der Waals surface area contributed by atoms with Crippen LogP contribution in [0.5, 0.6) is 5.75 Å². The minimum atomic E-state index is -4.74. The smallest absolute Gasteiger partial charge is 0.406 e. The van der Waals surface area contributed by atoms with Crippen LogP contribution in [0.25, 0.3) is 0 Å². The monoisotopic (exact) mass is 529 g/mol. The summed E-state index contributed by atoms with van der Waals surface area (Å²) in [5.41, 5.74) is 4.55. The molecule has 0 radical (unpaired) electrons. The van der Waals surface area contributed by atoms with Gasteiger partial charge >= 0.3 is 6.36 Å². The summed E-state index contributed by atoms with van der Waals surface area (Å²) in [5.74, 6) is 0.114. The van der Waals surface area contributed by atoms with Crippen molar-refractivity contribution in [3.05, 3.63) is 93.8 Å². The molecule has 0 saturated carbocycles. The Kier molecular flexibility index (Phi) is 7.40. The van der Waals surface area contributed by atoms with Gasteiger partial charge in [0.05, 0.1) is 10.6 Å². The molecule has 1 fully saturated rings. The summed E-state index contributed by atoms with van der Waals surface area (Å²) in [7, 11) is 0. The lowest BCUT2D eigenvalue weighted by atomic mass is 9.89. The molecule has 2 aliphatic heterocycles. The van der Waals surface area contributed by atoms with Crippen LogP contribution in [0.2, 0.25) is 5.02 Å². The van der Waals surface area contributed by atoms with Crippen molar-refractivity contribution >= 4 is 17.5 Å². The van der Waals surface area contributed by atoms with Crippen LogP contribution in [-0.2, 0) is 26.1 Å². The molecule has 194 valence electrons. The maximum Gasteiger partial charge on any atom is 0.573 e. The van der Waals surface area contributed by atoms with E-state index >= 15 is 0 Å². The fraction of sp³-hybridized carbons (Fsp3) is 0.357. The molecule has 9 heteroatoms. The fourth-order valence-electron chi connectivity index (χ4n) is 5.22. The van der Waals surface area contributed by atoms with E-state index in [9.17, 15) is 18.0 Å². The first-order valence-corrected chi connectivity index (χ1v) is 12.7. The molecule has 3 heterocycles. The first kappa shape index (κ1) is 25.5. The molecule has 0 bridgehead atoms. The maximum atomic E-state index is 13.0. The molecule has 0 unspecified atom stereocenters. The molecule has 0 atom stereocenters. The molecule has 5 nitrogen and oxygen atoms in total. The first-order valence-electron chi connectivity index (χ1n) is 12.3. The third-order valence-electron chi connectivity index (χ3n) is 7.01. The lowest BCUT2D eigenvalue weighted by Gasteiger charge is -2.32. The van der Waals surface area contributed by atoms with Crippen molar-refractivity contribution in [2.24, 2.45) is 5.92 Å². The molecule has 2 aromatic carbocycles. The molecule has 1 saturated heterocycles. The van der Waals surface area contributed by atoms with Crippen LogP contribution in [0, 0.1) is 5.92 Å². The van der Waals surface area contributed by atoms with Crippen molar-refractivity contribution < 1.29 is 22.7 Å². The van der Waals surface area contributed by atoms with E-state index in [2.05, 4.69) is 32.8 Å². The van der Waals surface area contributed by atoms with Gasteiger partial charge in [0.1, 0.15) is 5.75 Å². The van der Waals surface area contributed by atoms with Gasteiger partial charge in [-0.25, -0.2) is 0 Å². The van der Waals surface area contributed by atoms with E-state index in [1.54, 1.807) is 4.90 Å². The summed E-state index contributed by atoms with van der Waals surface area (Å²) in [4.78, 5) is 21.2. The van der Waals surface area contributed by atoms with Gasteiger partial charge < -0.3 is 9.64 Å². The highest BCUT2D eigenvalue weighted by Crippen LogP contribution is 2.34. The molecule has 1 amide bonds. The zero-order valence-electron chi connectivity index (χ0n) is 20.2. The van der Waals surface area contributed by atoms with E-state index in [0.29, 0.717) is 28.6 Å². The van der Waals surface area contributed by atoms with Gasteiger partial charge in [-0.15, -0.1) is 13.2 Å². The molecular weight excluding hydrogens is 503 g/mol. The number of rotatable bonds is 7. The minimum absolute atomic E-state index is 0.161. The molecule has 0 aliphatic carbocycles.